The second-order valence-electron chi connectivity index (χ2n) is 8.16. The van der Waals surface area contributed by atoms with E-state index in [1.807, 2.05) is 78.9 Å². The largest absolute Gasteiger partial charge is 0.426 e. The average Bonchev–Trinajstić information content (AvgIpc) is 2.90. The molecule has 5 aromatic carbocycles. The van der Waals surface area contributed by atoms with Crippen LogP contribution in [0.2, 0.25) is 0 Å². The van der Waals surface area contributed by atoms with Crippen molar-refractivity contribution in [1.29, 1.82) is 0 Å². The Morgan fingerprint density at radius 3 is 2.06 bits per heavy atom. The maximum absolute atomic E-state index is 14.9. The summed E-state index contributed by atoms with van der Waals surface area (Å²) in [5.74, 6) is -0.117. The van der Waals surface area contributed by atoms with Gasteiger partial charge < -0.3 is 4.74 Å². The van der Waals surface area contributed by atoms with Crippen molar-refractivity contribution in [2.75, 3.05) is 0 Å². The fraction of sp³-hybridized carbons (Fsp3) is 0.0645. The van der Waals surface area contributed by atoms with Crippen LogP contribution >= 0.6 is 7.92 Å². The van der Waals surface area contributed by atoms with Crippen LogP contribution in [0.1, 0.15) is 13.3 Å². The summed E-state index contributed by atoms with van der Waals surface area (Å²) in [7, 11) is -1.08. The van der Waals surface area contributed by atoms with E-state index in [1.165, 1.54) is 6.07 Å². The molecule has 5 rings (SSSR count). The SMILES string of the molecule is CCC(=O)Oc1ccc2ccccc2c1-c1ccc(F)cc1P(c1ccccc1)c1ccccc1. The number of benzene rings is 5. The Labute approximate surface area is 205 Å². The van der Waals surface area contributed by atoms with Crippen LogP contribution in [0.15, 0.2) is 115 Å². The Hall–Kier alpha value is -3.81. The van der Waals surface area contributed by atoms with Gasteiger partial charge in [0.15, 0.2) is 0 Å². The Morgan fingerprint density at radius 1 is 0.771 bits per heavy atom. The van der Waals surface area contributed by atoms with Gasteiger partial charge in [-0.25, -0.2) is 4.39 Å². The Morgan fingerprint density at radius 2 is 1.40 bits per heavy atom. The van der Waals surface area contributed by atoms with E-state index < -0.39 is 7.92 Å². The summed E-state index contributed by atoms with van der Waals surface area (Å²) in [5.41, 5.74) is 1.67. The summed E-state index contributed by atoms with van der Waals surface area (Å²) in [6.07, 6.45) is 0.267. The number of hydrogen-bond donors (Lipinski definition) is 0. The van der Waals surface area contributed by atoms with E-state index in [0.29, 0.717) is 5.75 Å². The van der Waals surface area contributed by atoms with Crippen LogP contribution in [0, 0.1) is 5.82 Å². The van der Waals surface area contributed by atoms with E-state index >= 15 is 0 Å². The van der Waals surface area contributed by atoms with Gasteiger partial charge in [0.1, 0.15) is 11.6 Å². The number of esters is 1. The van der Waals surface area contributed by atoms with Crippen molar-refractivity contribution in [2.24, 2.45) is 0 Å². The molecule has 0 N–H and O–H groups in total. The summed E-state index contributed by atoms with van der Waals surface area (Å²) in [4.78, 5) is 12.3. The lowest BCUT2D eigenvalue weighted by atomic mass is 9.97. The molecule has 0 aromatic heterocycles. The number of fused-ring (bicyclic) bond motifs is 1. The van der Waals surface area contributed by atoms with Gasteiger partial charge in [-0.2, -0.15) is 0 Å². The van der Waals surface area contributed by atoms with E-state index in [9.17, 15) is 9.18 Å². The van der Waals surface area contributed by atoms with Gasteiger partial charge in [-0.1, -0.05) is 104 Å². The zero-order valence-electron chi connectivity index (χ0n) is 19.3. The molecule has 0 saturated carbocycles. The van der Waals surface area contributed by atoms with E-state index in [2.05, 4.69) is 24.3 Å². The van der Waals surface area contributed by atoms with Gasteiger partial charge in [0.25, 0.3) is 0 Å². The highest BCUT2D eigenvalue weighted by molar-refractivity contribution is 7.80. The molecular weight excluding hydrogens is 454 g/mol. The first-order valence-electron chi connectivity index (χ1n) is 11.6. The fourth-order valence-corrected chi connectivity index (χ4v) is 6.77. The van der Waals surface area contributed by atoms with Crippen LogP contribution in [0.5, 0.6) is 5.75 Å². The van der Waals surface area contributed by atoms with Crippen molar-refractivity contribution < 1.29 is 13.9 Å². The molecule has 0 bridgehead atoms. The van der Waals surface area contributed by atoms with Gasteiger partial charge in [-0.3, -0.25) is 4.79 Å². The molecule has 0 amide bonds. The molecule has 5 aromatic rings. The minimum atomic E-state index is -1.08. The third kappa shape index (κ3) is 4.73. The standard InChI is InChI=1S/C31H24FO2P/c1-2-30(33)34-28-20-17-22-11-9-10-16-26(22)31(28)27-19-18-23(32)21-29(27)35(24-12-5-3-6-13-24)25-14-7-4-8-15-25/h3-21H,2H2,1H3. The zero-order chi connectivity index (χ0) is 24.2. The topological polar surface area (TPSA) is 26.3 Å². The number of rotatable bonds is 6. The lowest BCUT2D eigenvalue weighted by Crippen LogP contribution is -2.22. The van der Waals surface area contributed by atoms with Crippen LogP contribution in [-0.2, 0) is 4.79 Å². The van der Waals surface area contributed by atoms with Crippen LogP contribution in [0.25, 0.3) is 21.9 Å². The Balaban J connectivity index is 1.83. The molecule has 0 aliphatic rings. The summed E-state index contributed by atoms with van der Waals surface area (Å²) in [5, 5.41) is 5.10. The van der Waals surface area contributed by atoms with Gasteiger partial charge in [0.2, 0.25) is 0 Å². The molecule has 172 valence electrons. The van der Waals surface area contributed by atoms with E-state index in [1.54, 1.807) is 13.0 Å². The third-order valence-corrected chi connectivity index (χ3v) is 8.38. The molecule has 0 aliphatic carbocycles. The lowest BCUT2D eigenvalue weighted by molar-refractivity contribution is -0.133. The van der Waals surface area contributed by atoms with Crippen LogP contribution in [0.4, 0.5) is 4.39 Å². The van der Waals surface area contributed by atoms with E-state index in [0.717, 1.165) is 37.8 Å². The molecule has 0 fully saturated rings. The van der Waals surface area contributed by atoms with Crippen molar-refractivity contribution in [1.82, 2.24) is 0 Å². The predicted molar refractivity (Wildman–Crippen MR) is 144 cm³/mol. The van der Waals surface area contributed by atoms with Crippen molar-refractivity contribution in [3.8, 4) is 16.9 Å². The molecule has 0 spiro atoms. The Bertz CT molecular complexity index is 1440. The molecule has 0 atom stereocenters. The molecule has 35 heavy (non-hydrogen) atoms. The summed E-state index contributed by atoms with van der Waals surface area (Å²) in [6, 6.07) is 37.1. The average molecular weight is 479 g/mol. The number of carbonyl (C=O) groups excluding carboxylic acids is 1. The summed E-state index contributed by atoms with van der Waals surface area (Å²) in [6.45, 7) is 1.77. The maximum Gasteiger partial charge on any atom is 0.310 e. The first-order valence-corrected chi connectivity index (χ1v) is 12.9. The molecule has 2 nitrogen and oxygen atoms in total. The lowest BCUT2D eigenvalue weighted by Gasteiger charge is -2.24. The number of hydrogen-bond acceptors (Lipinski definition) is 2. The highest BCUT2D eigenvalue weighted by Gasteiger charge is 2.24. The molecule has 4 heteroatoms. The quantitative estimate of drug-likeness (QED) is 0.154. The summed E-state index contributed by atoms with van der Waals surface area (Å²) < 4.78 is 20.7. The zero-order valence-corrected chi connectivity index (χ0v) is 20.2. The van der Waals surface area contributed by atoms with Gasteiger partial charge in [-0.15, -0.1) is 0 Å². The predicted octanol–water partition coefficient (Wildman–Crippen LogP) is 6.72. The van der Waals surface area contributed by atoms with Crippen molar-refractivity contribution in [3.63, 3.8) is 0 Å². The second kappa shape index (κ2) is 10.2. The molecule has 0 unspecified atom stereocenters. The minimum absolute atomic E-state index is 0.267. The number of carbonyl (C=O) groups is 1. The molecule has 0 aliphatic heterocycles. The van der Waals surface area contributed by atoms with E-state index in [4.69, 9.17) is 4.74 Å². The maximum atomic E-state index is 14.9. The van der Waals surface area contributed by atoms with Crippen molar-refractivity contribution >= 4 is 40.6 Å². The van der Waals surface area contributed by atoms with Gasteiger partial charge >= 0.3 is 5.97 Å². The highest BCUT2D eigenvalue weighted by atomic mass is 31.1. The van der Waals surface area contributed by atoms with Crippen LogP contribution < -0.4 is 20.7 Å². The normalized spacial score (nSPS) is 11.1. The van der Waals surface area contributed by atoms with Gasteiger partial charge in [0.05, 0.1) is 0 Å². The molecular formula is C31H24FO2P. The van der Waals surface area contributed by atoms with Gasteiger partial charge in [0, 0.05) is 12.0 Å². The Kier molecular flexibility index (Phi) is 6.70. The second-order valence-corrected chi connectivity index (χ2v) is 10.3. The first-order chi connectivity index (χ1) is 17.2. The van der Waals surface area contributed by atoms with Gasteiger partial charge in [-0.05, 0) is 58.4 Å². The highest BCUT2D eigenvalue weighted by Crippen LogP contribution is 2.42. The molecule has 0 heterocycles. The smallest absolute Gasteiger partial charge is 0.310 e. The monoisotopic (exact) mass is 478 g/mol. The third-order valence-electron chi connectivity index (χ3n) is 5.90. The molecule has 0 saturated heterocycles. The van der Waals surface area contributed by atoms with E-state index in [-0.39, 0.29) is 18.2 Å². The number of halogens is 1. The van der Waals surface area contributed by atoms with Crippen LogP contribution in [0.3, 0.4) is 0 Å². The van der Waals surface area contributed by atoms with Crippen molar-refractivity contribution in [3.05, 3.63) is 121 Å². The van der Waals surface area contributed by atoms with Crippen LogP contribution in [-0.4, -0.2) is 5.97 Å². The number of ether oxygens (including phenoxy) is 1. The fourth-order valence-electron chi connectivity index (χ4n) is 4.29. The van der Waals surface area contributed by atoms with Crippen molar-refractivity contribution in [2.45, 2.75) is 13.3 Å². The summed E-state index contributed by atoms with van der Waals surface area (Å²) >= 11 is 0. The first kappa shape index (κ1) is 23.0. The minimum Gasteiger partial charge on any atom is -0.426 e. The molecule has 0 radical (unpaired) electrons.